The largest absolute Gasteiger partial charge is 0.507 e. The summed E-state index contributed by atoms with van der Waals surface area (Å²) in [5.74, 6) is -0.501. The fourth-order valence-electron chi connectivity index (χ4n) is 3.58. The molecule has 2 aliphatic rings. The number of amides is 1. The van der Waals surface area contributed by atoms with Crippen LogP contribution in [0.4, 0.5) is 4.39 Å². The number of rotatable bonds is 2. The number of hydrogen-bond acceptors (Lipinski definition) is 3. The SMILES string of the molecule is O=C(c1ccc(F)cc1O)N1CCCC1C1CCCNC1. The first-order chi connectivity index (χ1) is 10.2. The predicted molar refractivity (Wildman–Crippen MR) is 77.7 cm³/mol. The second-order valence-electron chi connectivity index (χ2n) is 5.98. The summed E-state index contributed by atoms with van der Waals surface area (Å²) in [4.78, 5) is 14.5. The predicted octanol–water partition coefficient (Wildman–Crippen LogP) is 2.14. The molecule has 2 saturated heterocycles. The number of aromatic hydroxyl groups is 1. The van der Waals surface area contributed by atoms with Gasteiger partial charge in [0, 0.05) is 18.7 Å². The number of carbonyl (C=O) groups is 1. The van der Waals surface area contributed by atoms with Crippen molar-refractivity contribution in [2.24, 2.45) is 5.92 Å². The number of piperidine rings is 1. The Morgan fingerprint density at radius 1 is 1.33 bits per heavy atom. The summed E-state index contributed by atoms with van der Waals surface area (Å²) in [7, 11) is 0. The number of likely N-dealkylation sites (tertiary alicyclic amines) is 1. The highest BCUT2D eigenvalue weighted by Gasteiger charge is 2.36. The molecule has 5 heteroatoms. The summed E-state index contributed by atoms with van der Waals surface area (Å²) in [6.07, 6.45) is 4.29. The molecule has 0 bridgehead atoms. The van der Waals surface area contributed by atoms with E-state index in [9.17, 15) is 14.3 Å². The van der Waals surface area contributed by atoms with Crippen LogP contribution in [0.2, 0.25) is 0 Å². The first kappa shape index (κ1) is 14.3. The van der Waals surface area contributed by atoms with E-state index in [1.165, 1.54) is 12.1 Å². The average Bonchev–Trinajstić information content (AvgIpc) is 2.97. The van der Waals surface area contributed by atoms with E-state index >= 15 is 0 Å². The normalized spacial score (nSPS) is 26.0. The molecule has 2 fully saturated rings. The Kier molecular flexibility index (Phi) is 4.10. The maximum Gasteiger partial charge on any atom is 0.257 e. The van der Waals surface area contributed by atoms with Crippen molar-refractivity contribution in [1.82, 2.24) is 10.2 Å². The number of benzene rings is 1. The van der Waals surface area contributed by atoms with Gasteiger partial charge >= 0.3 is 0 Å². The van der Waals surface area contributed by atoms with E-state index in [1.54, 1.807) is 0 Å². The fraction of sp³-hybridized carbons (Fsp3) is 0.562. The molecule has 1 amide bonds. The van der Waals surface area contributed by atoms with Crippen LogP contribution in [0.1, 0.15) is 36.0 Å². The van der Waals surface area contributed by atoms with Gasteiger partial charge in [0.05, 0.1) is 5.56 Å². The van der Waals surface area contributed by atoms with Crippen molar-refractivity contribution in [3.8, 4) is 5.75 Å². The number of phenolic OH excluding ortho intramolecular Hbond substituents is 1. The molecule has 2 N–H and O–H groups in total. The number of phenols is 1. The molecule has 114 valence electrons. The van der Waals surface area contributed by atoms with Gasteiger partial charge in [0.2, 0.25) is 0 Å². The zero-order valence-electron chi connectivity index (χ0n) is 12.0. The Morgan fingerprint density at radius 2 is 2.19 bits per heavy atom. The van der Waals surface area contributed by atoms with Crippen molar-refractivity contribution in [3.05, 3.63) is 29.6 Å². The summed E-state index contributed by atoms with van der Waals surface area (Å²) in [6, 6.07) is 3.83. The van der Waals surface area contributed by atoms with Crippen molar-refractivity contribution < 1.29 is 14.3 Å². The van der Waals surface area contributed by atoms with Crippen LogP contribution in [0, 0.1) is 11.7 Å². The molecule has 1 aromatic rings. The molecule has 0 saturated carbocycles. The van der Waals surface area contributed by atoms with Gasteiger partial charge in [-0.05, 0) is 56.8 Å². The molecule has 0 spiro atoms. The van der Waals surface area contributed by atoms with Crippen molar-refractivity contribution in [2.75, 3.05) is 19.6 Å². The molecule has 21 heavy (non-hydrogen) atoms. The number of halogens is 1. The van der Waals surface area contributed by atoms with E-state index in [4.69, 9.17) is 0 Å². The maximum atomic E-state index is 13.1. The Labute approximate surface area is 124 Å². The van der Waals surface area contributed by atoms with E-state index in [0.717, 1.165) is 51.4 Å². The first-order valence-corrected chi connectivity index (χ1v) is 7.67. The van der Waals surface area contributed by atoms with Crippen LogP contribution in [0.25, 0.3) is 0 Å². The summed E-state index contributed by atoms with van der Waals surface area (Å²) < 4.78 is 13.1. The molecule has 0 aromatic heterocycles. The van der Waals surface area contributed by atoms with Crippen LogP contribution < -0.4 is 5.32 Å². The lowest BCUT2D eigenvalue weighted by Crippen LogP contribution is -2.45. The molecule has 0 radical (unpaired) electrons. The number of carbonyl (C=O) groups excluding carboxylic acids is 1. The highest BCUT2D eigenvalue weighted by Crippen LogP contribution is 2.31. The van der Waals surface area contributed by atoms with Crippen LogP contribution in [0.5, 0.6) is 5.75 Å². The highest BCUT2D eigenvalue weighted by molar-refractivity contribution is 5.97. The van der Waals surface area contributed by atoms with Gasteiger partial charge in [-0.1, -0.05) is 0 Å². The highest BCUT2D eigenvalue weighted by atomic mass is 19.1. The standard InChI is InChI=1S/C16H21FN2O2/c17-12-5-6-13(15(20)9-12)16(21)19-8-2-4-14(19)11-3-1-7-18-10-11/h5-6,9,11,14,18,20H,1-4,7-8,10H2. The molecular formula is C16H21FN2O2. The number of nitrogens with zero attached hydrogens (tertiary/aromatic N) is 1. The van der Waals surface area contributed by atoms with Crippen molar-refractivity contribution in [2.45, 2.75) is 31.7 Å². The molecule has 2 heterocycles. The molecule has 0 aliphatic carbocycles. The lowest BCUT2D eigenvalue weighted by molar-refractivity contribution is 0.0667. The van der Waals surface area contributed by atoms with Crippen molar-refractivity contribution >= 4 is 5.91 Å². The summed E-state index contributed by atoms with van der Waals surface area (Å²) >= 11 is 0. The van der Waals surface area contributed by atoms with Crippen LogP contribution in [-0.2, 0) is 0 Å². The number of hydrogen-bond donors (Lipinski definition) is 2. The monoisotopic (exact) mass is 292 g/mol. The lowest BCUT2D eigenvalue weighted by Gasteiger charge is -2.34. The van der Waals surface area contributed by atoms with Crippen LogP contribution in [0.15, 0.2) is 18.2 Å². The maximum absolute atomic E-state index is 13.1. The molecule has 1 aromatic carbocycles. The quantitative estimate of drug-likeness (QED) is 0.878. The zero-order chi connectivity index (χ0) is 14.8. The zero-order valence-corrected chi connectivity index (χ0v) is 12.0. The Balaban J connectivity index is 1.79. The lowest BCUT2D eigenvalue weighted by atomic mass is 9.90. The van der Waals surface area contributed by atoms with Crippen molar-refractivity contribution in [3.63, 3.8) is 0 Å². The smallest absolute Gasteiger partial charge is 0.257 e. The summed E-state index contributed by atoms with van der Waals surface area (Å²) in [5.41, 5.74) is 0.201. The molecule has 4 nitrogen and oxygen atoms in total. The Morgan fingerprint density at radius 3 is 2.90 bits per heavy atom. The van der Waals surface area contributed by atoms with Gasteiger partial charge in [-0.3, -0.25) is 4.79 Å². The average molecular weight is 292 g/mol. The second kappa shape index (κ2) is 6.02. The number of nitrogens with one attached hydrogen (secondary N) is 1. The van der Waals surface area contributed by atoms with E-state index < -0.39 is 5.82 Å². The van der Waals surface area contributed by atoms with Gasteiger partial charge in [-0.25, -0.2) is 4.39 Å². The van der Waals surface area contributed by atoms with Crippen LogP contribution in [-0.4, -0.2) is 41.6 Å². The van der Waals surface area contributed by atoms with Crippen molar-refractivity contribution in [1.29, 1.82) is 0 Å². The summed E-state index contributed by atoms with van der Waals surface area (Å²) in [5, 5.41) is 13.2. The third kappa shape index (κ3) is 2.88. The molecular weight excluding hydrogens is 271 g/mol. The Bertz CT molecular complexity index is 529. The molecule has 2 unspecified atom stereocenters. The minimum atomic E-state index is -0.529. The van der Waals surface area contributed by atoms with E-state index in [2.05, 4.69) is 5.32 Å². The molecule has 3 rings (SSSR count). The van der Waals surface area contributed by atoms with E-state index in [0.29, 0.717) is 5.92 Å². The first-order valence-electron chi connectivity index (χ1n) is 7.67. The molecule has 2 aliphatic heterocycles. The third-order valence-corrected chi connectivity index (χ3v) is 4.63. The molecule has 2 atom stereocenters. The van der Waals surface area contributed by atoms with Gasteiger partial charge < -0.3 is 15.3 Å². The van der Waals surface area contributed by atoms with Crippen LogP contribution >= 0.6 is 0 Å². The summed E-state index contributed by atoms with van der Waals surface area (Å²) in [6.45, 7) is 2.72. The topological polar surface area (TPSA) is 52.6 Å². The second-order valence-corrected chi connectivity index (χ2v) is 5.98. The van der Waals surface area contributed by atoms with Gasteiger partial charge in [0.1, 0.15) is 11.6 Å². The van der Waals surface area contributed by atoms with Crippen LogP contribution in [0.3, 0.4) is 0 Å². The van der Waals surface area contributed by atoms with E-state index in [-0.39, 0.29) is 23.3 Å². The fourth-order valence-corrected chi connectivity index (χ4v) is 3.58. The van der Waals surface area contributed by atoms with Gasteiger partial charge in [-0.2, -0.15) is 0 Å². The van der Waals surface area contributed by atoms with E-state index in [1.807, 2.05) is 4.90 Å². The minimum absolute atomic E-state index is 0.180. The van der Waals surface area contributed by atoms with Gasteiger partial charge in [-0.15, -0.1) is 0 Å². The Hall–Kier alpha value is -1.62. The third-order valence-electron chi connectivity index (χ3n) is 4.63. The minimum Gasteiger partial charge on any atom is -0.507 e. The van der Waals surface area contributed by atoms with Gasteiger partial charge in [0.15, 0.2) is 0 Å². The van der Waals surface area contributed by atoms with Gasteiger partial charge in [0.25, 0.3) is 5.91 Å².